The van der Waals surface area contributed by atoms with Gasteiger partial charge in [-0.05, 0) is 48.9 Å². The van der Waals surface area contributed by atoms with E-state index in [0.717, 1.165) is 22.4 Å². The van der Waals surface area contributed by atoms with E-state index in [9.17, 15) is 0 Å². The Morgan fingerprint density at radius 1 is 0.875 bits per heavy atom. The fourth-order valence-electron chi connectivity index (χ4n) is 3.25. The molecular weight excluding hydrogens is 442 g/mol. The van der Waals surface area contributed by atoms with Crippen molar-refractivity contribution in [1.29, 1.82) is 0 Å². The van der Waals surface area contributed by atoms with Gasteiger partial charge in [0.1, 0.15) is 17.3 Å². The highest BCUT2D eigenvalue weighted by molar-refractivity contribution is 7.99. The van der Waals surface area contributed by atoms with Gasteiger partial charge in [-0.25, -0.2) is 0 Å². The molecule has 3 aromatic carbocycles. The van der Waals surface area contributed by atoms with Gasteiger partial charge in [0.25, 0.3) is 0 Å². The molecule has 32 heavy (non-hydrogen) atoms. The lowest BCUT2D eigenvalue weighted by molar-refractivity contribution is 0.340. The van der Waals surface area contributed by atoms with Crippen LogP contribution in [-0.2, 0) is 6.42 Å². The van der Waals surface area contributed by atoms with Crippen molar-refractivity contribution in [1.82, 2.24) is 14.8 Å². The van der Waals surface area contributed by atoms with Crippen LogP contribution in [0.4, 0.5) is 0 Å². The minimum absolute atomic E-state index is 0.512. The van der Waals surface area contributed by atoms with Crippen LogP contribution in [0.3, 0.4) is 0 Å². The van der Waals surface area contributed by atoms with E-state index in [-0.39, 0.29) is 0 Å². The largest absolute Gasteiger partial charge is 0.494 e. The summed E-state index contributed by atoms with van der Waals surface area (Å²) in [6.07, 6.45) is 0.692. The molecule has 0 aliphatic carbocycles. The SMILES string of the molecule is CCOc1ccc(-n2c(Cc3ccccc3)nnc2SCCOc2ccccc2Cl)cc1. The first kappa shape index (κ1) is 22.2. The van der Waals surface area contributed by atoms with Gasteiger partial charge in [-0.3, -0.25) is 4.57 Å². The first-order chi connectivity index (χ1) is 15.7. The first-order valence-corrected chi connectivity index (χ1v) is 11.8. The third kappa shape index (κ3) is 5.64. The van der Waals surface area contributed by atoms with E-state index in [1.165, 1.54) is 5.56 Å². The highest BCUT2D eigenvalue weighted by atomic mass is 35.5. The first-order valence-electron chi connectivity index (χ1n) is 10.5. The molecule has 1 heterocycles. The lowest BCUT2D eigenvalue weighted by Crippen LogP contribution is -2.06. The summed E-state index contributed by atoms with van der Waals surface area (Å²) < 4.78 is 13.5. The van der Waals surface area contributed by atoms with Crippen molar-refractivity contribution in [3.05, 3.63) is 95.3 Å². The Kier molecular flexibility index (Phi) is 7.69. The molecule has 0 unspecified atom stereocenters. The van der Waals surface area contributed by atoms with Gasteiger partial charge < -0.3 is 9.47 Å². The van der Waals surface area contributed by atoms with Crippen molar-refractivity contribution in [2.45, 2.75) is 18.5 Å². The van der Waals surface area contributed by atoms with Crippen LogP contribution in [0.5, 0.6) is 11.5 Å². The third-order valence-corrected chi connectivity index (χ3v) is 5.93. The van der Waals surface area contributed by atoms with Crippen LogP contribution in [0.25, 0.3) is 5.69 Å². The maximum atomic E-state index is 6.17. The van der Waals surface area contributed by atoms with E-state index in [4.69, 9.17) is 21.1 Å². The molecule has 164 valence electrons. The normalized spacial score (nSPS) is 10.8. The number of ether oxygens (including phenoxy) is 2. The van der Waals surface area contributed by atoms with Gasteiger partial charge in [-0.1, -0.05) is 65.8 Å². The summed E-state index contributed by atoms with van der Waals surface area (Å²) in [5.41, 5.74) is 2.18. The number of hydrogen-bond donors (Lipinski definition) is 0. The van der Waals surface area contributed by atoms with Crippen LogP contribution in [0, 0.1) is 0 Å². The molecule has 4 aromatic rings. The number of nitrogens with zero attached hydrogens (tertiary/aromatic N) is 3. The molecule has 0 saturated heterocycles. The minimum Gasteiger partial charge on any atom is -0.494 e. The van der Waals surface area contributed by atoms with Crippen molar-refractivity contribution in [2.24, 2.45) is 0 Å². The molecule has 5 nitrogen and oxygen atoms in total. The zero-order valence-corrected chi connectivity index (χ0v) is 19.4. The van der Waals surface area contributed by atoms with Crippen LogP contribution in [-0.4, -0.2) is 33.7 Å². The number of aromatic nitrogens is 3. The maximum Gasteiger partial charge on any atom is 0.195 e. The number of benzene rings is 3. The second-order valence-corrected chi connectivity index (χ2v) is 8.42. The van der Waals surface area contributed by atoms with Crippen molar-refractivity contribution < 1.29 is 9.47 Å². The summed E-state index contributed by atoms with van der Waals surface area (Å²) >= 11 is 7.78. The van der Waals surface area contributed by atoms with Gasteiger partial charge in [-0.15, -0.1) is 10.2 Å². The summed E-state index contributed by atoms with van der Waals surface area (Å²) in [6, 6.07) is 25.8. The van der Waals surface area contributed by atoms with Crippen molar-refractivity contribution in [2.75, 3.05) is 19.0 Å². The second-order valence-electron chi connectivity index (χ2n) is 6.95. The van der Waals surface area contributed by atoms with E-state index in [1.54, 1.807) is 11.8 Å². The molecule has 1 aromatic heterocycles. The Balaban J connectivity index is 1.52. The van der Waals surface area contributed by atoms with Crippen LogP contribution in [0.15, 0.2) is 84.0 Å². The molecule has 0 bridgehead atoms. The number of hydrogen-bond acceptors (Lipinski definition) is 5. The molecule has 0 aliphatic rings. The summed E-state index contributed by atoms with van der Waals surface area (Å²) in [6.45, 7) is 3.13. The lowest BCUT2D eigenvalue weighted by atomic mass is 10.1. The van der Waals surface area contributed by atoms with Crippen LogP contribution in [0.1, 0.15) is 18.3 Å². The van der Waals surface area contributed by atoms with Gasteiger partial charge in [0.15, 0.2) is 5.16 Å². The van der Waals surface area contributed by atoms with E-state index in [1.807, 2.05) is 73.7 Å². The van der Waals surface area contributed by atoms with Crippen LogP contribution < -0.4 is 9.47 Å². The standard InChI is InChI=1S/C25H24ClN3O2S/c1-2-30-21-14-12-20(13-15-21)29-24(18-19-8-4-3-5-9-19)27-28-25(29)32-17-16-31-23-11-7-6-10-22(23)26/h3-15H,2,16-18H2,1H3. The van der Waals surface area contributed by atoms with Crippen molar-refractivity contribution in [3.8, 4) is 17.2 Å². The zero-order valence-electron chi connectivity index (χ0n) is 17.8. The highest BCUT2D eigenvalue weighted by Crippen LogP contribution is 2.26. The molecule has 0 fully saturated rings. The zero-order chi connectivity index (χ0) is 22.2. The molecule has 0 aliphatic heterocycles. The molecular formula is C25H24ClN3O2S. The van der Waals surface area contributed by atoms with Crippen molar-refractivity contribution in [3.63, 3.8) is 0 Å². The second kappa shape index (κ2) is 11.1. The molecule has 0 spiro atoms. The Labute approximate surface area is 197 Å². The van der Waals surface area contributed by atoms with Gasteiger partial charge in [0.05, 0.1) is 18.2 Å². The van der Waals surface area contributed by atoms with Gasteiger partial charge in [-0.2, -0.15) is 0 Å². The van der Waals surface area contributed by atoms with Crippen LogP contribution >= 0.6 is 23.4 Å². The predicted molar refractivity (Wildman–Crippen MR) is 129 cm³/mol. The maximum absolute atomic E-state index is 6.17. The Morgan fingerprint density at radius 2 is 1.62 bits per heavy atom. The number of thioether (sulfide) groups is 1. The molecule has 0 radical (unpaired) electrons. The van der Waals surface area contributed by atoms with Gasteiger partial charge in [0.2, 0.25) is 0 Å². The topological polar surface area (TPSA) is 49.2 Å². The number of rotatable bonds is 10. The predicted octanol–water partition coefficient (Wildman–Crippen LogP) is 6.08. The third-order valence-electron chi connectivity index (χ3n) is 4.72. The molecule has 0 amide bonds. The quantitative estimate of drug-likeness (QED) is 0.210. The van der Waals surface area contributed by atoms with E-state index >= 15 is 0 Å². The van der Waals surface area contributed by atoms with E-state index in [2.05, 4.69) is 26.9 Å². The molecule has 0 saturated carbocycles. The highest BCUT2D eigenvalue weighted by Gasteiger charge is 2.15. The van der Waals surface area contributed by atoms with E-state index in [0.29, 0.717) is 36.2 Å². The van der Waals surface area contributed by atoms with Gasteiger partial charge in [0, 0.05) is 17.9 Å². The summed E-state index contributed by atoms with van der Waals surface area (Å²) in [5, 5.41) is 10.4. The average molecular weight is 466 g/mol. The monoisotopic (exact) mass is 465 g/mol. The number of para-hydroxylation sites is 1. The summed E-state index contributed by atoms with van der Waals surface area (Å²) in [4.78, 5) is 0. The lowest BCUT2D eigenvalue weighted by Gasteiger charge is -2.12. The summed E-state index contributed by atoms with van der Waals surface area (Å²) in [7, 11) is 0. The molecule has 0 N–H and O–H groups in total. The molecule has 0 atom stereocenters. The Bertz CT molecular complexity index is 1130. The molecule has 7 heteroatoms. The van der Waals surface area contributed by atoms with Crippen molar-refractivity contribution >= 4 is 23.4 Å². The van der Waals surface area contributed by atoms with E-state index < -0.39 is 0 Å². The number of halogens is 1. The fourth-order valence-corrected chi connectivity index (χ4v) is 4.23. The van der Waals surface area contributed by atoms with Gasteiger partial charge >= 0.3 is 0 Å². The Hall–Kier alpha value is -2.96. The average Bonchev–Trinajstić information content (AvgIpc) is 3.21. The van der Waals surface area contributed by atoms with Crippen LogP contribution in [0.2, 0.25) is 5.02 Å². The Morgan fingerprint density at radius 3 is 2.38 bits per heavy atom. The minimum atomic E-state index is 0.512. The fraction of sp³-hybridized carbons (Fsp3) is 0.200. The molecule has 4 rings (SSSR count). The summed E-state index contributed by atoms with van der Waals surface area (Å²) in [5.74, 6) is 3.13. The smallest absolute Gasteiger partial charge is 0.195 e.